The van der Waals surface area contributed by atoms with Crippen molar-refractivity contribution in [3.05, 3.63) is 29.8 Å². The Kier molecular flexibility index (Phi) is 7.99. The first-order valence-corrected chi connectivity index (χ1v) is 10.1. The van der Waals surface area contributed by atoms with Crippen LogP contribution in [0.3, 0.4) is 0 Å². The Morgan fingerprint density at radius 2 is 1.67 bits per heavy atom. The van der Waals surface area contributed by atoms with E-state index in [1.54, 1.807) is 12.1 Å². The average molecular weight is 435 g/mol. The lowest BCUT2D eigenvalue weighted by atomic mass is 10.2. The lowest BCUT2D eigenvalue weighted by molar-refractivity contribution is -0.139. The van der Waals surface area contributed by atoms with Crippen molar-refractivity contribution >= 4 is 47.9 Å². The number of hydrogen-bond acceptors (Lipinski definition) is 6. The summed E-state index contributed by atoms with van der Waals surface area (Å²) in [5, 5.41) is 7.06. The summed E-state index contributed by atoms with van der Waals surface area (Å²) in [6, 6.07) is 5.53. The third-order valence-corrected chi connectivity index (χ3v) is 5.03. The number of thiol groups is 1. The molecule has 1 fully saturated rings. The van der Waals surface area contributed by atoms with E-state index >= 15 is 0 Å². The Bertz CT molecular complexity index is 842. The van der Waals surface area contributed by atoms with Crippen LogP contribution in [-0.2, 0) is 24.0 Å². The maximum Gasteiger partial charge on any atom is 0.246 e. The van der Waals surface area contributed by atoms with E-state index in [1.165, 1.54) is 13.8 Å². The molecule has 0 spiro atoms. The predicted octanol–water partition coefficient (Wildman–Crippen LogP) is 0.390. The van der Waals surface area contributed by atoms with Crippen molar-refractivity contribution in [1.82, 2.24) is 15.5 Å². The van der Waals surface area contributed by atoms with Gasteiger partial charge in [0.15, 0.2) is 0 Å². The molecule has 0 aromatic heterocycles. The summed E-state index contributed by atoms with van der Waals surface area (Å²) in [6.07, 6.45) is -0.107. The van der Waals surface area contributed by atoms with Gasteiger partial charge in [-0.3, -0.25) is 28.9 Å². The van der Waals surface area contributed by atoms with Crippen LogP contribution in [0.2, 0.25) is 0 Å². The second-order valence-corrected chi connectivity index (χ2v) is 7.85. The molecule has 1 saturated heterocycles. The topological polar surface area (TPSA) is 125 Å². The summed E-state index contributed by atoms with van der Waals surface area (Å²) >= 11 is 4.02. The Hall–Kier alpha value is -2.88. The van der Waals surface area contributed by atoms with Crippen molar-refractivity contribution < 1.29 is 24.0 Å². The van der Waals surface area contributed by atoms with E-state index in [1.807, 2.05) is 19.1 Å². The predicted molar refractivity (Wildman–Crippen MR) is 114 cm³/mol. The molecule has 1 aromatic carbocycles. The number of carbonyl (C=O) groups is 5. The van der Waals surface area contributed by atoms with Crippen molar-refractivity contribution in [1.29, 1.82) is 0 Å². The van der Waals surface area contributed by atoms with Crippen LogP contribution in [0, 0.1) is 6.92 Å². The van der Waals surface area contributed by atoms with Crippen molar-refractivity contribution in [2.75, 3.05) is 11.9 Å². The first-order chi connectivity index (χ1) is 14.1. The Labute approximate surface area is 180 Å². The van der Waals surface area contributed by atoms with Crippen molar-refractivity contribution in [2.45, 2.75) is 50.9 Å². The van der Waals surface area contributed by atoms with Gasteiger partial charge in [0.2, 0.25) is 29.5 Å². The van der Waals surface area contributed by atoms with Crippen LogP contribution in [-0.4, -0.2) is 58.3 Å². The molecule has 5 amide bonds. The van der Waals surface area contributed by atoms with E-state index in [-0.39, 0.29) is 25.3 Å². The van der Waals surface area contributed by atoms with Gasteiger partial charge in [0.25, 0.3) is 0 Å². The number of amides is 5. The number of carbonyl (C=O) groups excluding carboxylic acids is 5. The fourth-order valence-electron chi connectivity index (χ4n) is 2.78. The standard InChI is InChI=1S/C20H26N4O5S/c1-11-4-6-14(7-5-11)23-19(28)13(3)22-18(27)12(2)21-16(25)8-9-24-17(26)10-15(30)20(24)29/h4-7,12-13,15,30H,8-10H2,1-3H3,(H,21,25)(H,22,27)(H,23,28)/t12-,13-,15-/m0/s1. The second kappa shape index (κ2) is 10.2. The maximum absolute atomic E-state index is 12.3. The first-order valence-electron chi connectivity index (χ1n) is 9.58. The largest absolute Gasteiger partial charge is 0.345 e. The number of anilines is 1. The molecule has 0 aliphatic carbocycles. The molecular weight excluding hydrogens is 408 g/mol. The van der Waals surface area contributed by atoms with Gasteiger partial charge in [0.1, 0.15) is 12.1 Å². The summed E-state index contributed by atoms with van der Waals surface area (Å²) in [5.74, 6) is -2.20. The molecule has 1 aromatic rings. The van der Waals surface area contributed by atoms with Gasteiger partial charge in [0, 0.05) is 25.1 Å². The number of aryl methyl sites for hydroxylation is 1. The van der Waals surface area contributed by atoms with Crippen LogP contribution in [0.15, 0.2) is 24.3 Å². The molecule has 0 unspecified atom stereocenters. The monoisotopic (exact) mass is 434 g/mol. The molecular formula is C20H26N4O5S. The van der Waals surface area contributed by atoms with Crippen LogP contribution in [0.4, 0.5) is 5.69 Å². The fourth-order valence-corrected chi connectivity index (χ4v) is 3.08. The Balaban J connectivity index is 1.77. The average Bonchev–Trinajstić information content (AvgIpc) is 2.93. The molecule has 9 nitrogen and oxygen atoms in total. The van der Waals surface area contributed by atoms with Crippen LogP contribution in [0.25, 0.3) is 0 Å². The zero-order valence-electron chi connectivity index (χ0n) is 17.1. The molecule has 0 bridgehead atoms. The normalized spacial score (nSPS) is 18.0. The number of imide groups is 1. The van der Waals surface area contributed by atoms with Gasteiger partial charge in [-0.05, 0) is 32.9 Å². The molecule has 30 heavy (non-hydrogen) atoms. The molecule has 10 heteroatoms. The molecule has 162 valence electrons. The minimum absolute atomic E-state index is 0.0188. The smallest absolute Gasteiger partial charge is 0.246 e. The van der Waals surface area contributed by atoms with Crippen LogP contribution in [0.1, 0.15) is 32.3 Å². The number of benzene rings is 1. The minimum atomic E-state index is -0.894. The van der Waals surface area contributed by atoms with Crippen molar-refractivity contribution in [3.63, 3.8) is 0 Å². The number of nitrogens with zero attached hydrogens (tertiary/aromatic N) is 1. The number of rotatable bonds is 8. The van der Waals surface area contributed by atoms with Gasteiger partial charge < -0.3 is 16.0 Å². The van der Waals surface area contributed by atoms with E-state index in [2.05, 4.69) is 28.6 Å². The summed E-state index contributed by atoms with van der Waals surface area (Å²) in [7, 11) is 0. The van der Waals surface area contributed by atoms with Crippen LogP contribution >= 0.6 is 12.6 Å². The van der Waals surface area contributed by atoms with Gasteiger partial charge >= 0.3 is 0 Å². The second-order valence-electron chi connectivity index (χ2n) is 7.23. The molecule has 1 heterocycles. The van der Waals surface area contributed by atoms with Crippen LogP contribution < -0.4 is 16.0 Å². The van der Waals surface area contributed by atoms with E-state index in [9.17, 15) is 24.0 Å². The molecule has 0 saturated carbocycles. The molecule has 2 rings (SSSR count). The third kappa shape index (κ3) is 6.31. The van der Waals surface area contributed by atoms with E-state index in [0.29, 0.717) is 5.69 Å². The molecule has 0 radical (unpaired) electrons. The summed E-state index contributed by atoms with van der Waals surface area (Å²) in [4.78, 5) is 61.0. The van der Waals surface area contributed by atoms with E-state index in [0.717, 1.165) is 10.5 Å². The van der Waals surface area contributed by atoms with Crippen molar-refractivity contribution in [2.24, 2.45) is 0 Å². The molecule has 1 aliphatic rings. The summed E-state index contributed by atoms with van der Waals surface area (Å²) in [6.45, 7) is 4.88. The minimum Gasteiger partial charge on any atom is -0.345 e. The zero-order chi connectivity index (χ0) is 22.4. The van der Waals surface area contributed by atoms with Crippen molar-refractivity contribution in [3.8, 4) is 0 Å². The lowest BCUT2D eigenvalue weighted by Crippen LogP contribution is -2.50. The highest BCUT2D eigenvalue weighted by Crippen LogP contribution is 2.17. The summed E-state index contributed by atoms with van der Waals surface area (Å²) in [5.41, 5.74) is 1.67. The molecule has 3 N–H and O–H groups in total. The lowest BCUT2D eigenvalue weighted by Gasteiger charge is -2.19. The Morgan fingerprint density at radius 1 is 1.07 bits per heavy atom. The van der Waals surface area contributed by atoms with Gasteiger partial charge in [-0.15, -0.1) is 0 Å². The number of hydrogen-bond donors (Lipinski definition) is 4. The van der Waals surface area contributed by atoms with Gasteiger partial charge in [-0.2, -0.15) is 12.6 Å². The molecule has 3 atom stereocenters. The van der Waals surface area contributed by atoms with E-state index in [4.69, 9.17) is 0 Å². The first kappa shape index (κ1) is 23.4. The van der Waals surface area contributed by atoms with Crippen LogP contribution in [0.5, 0.6) is 0 Å². The Morgan fingerprint density at radius 3 is 2.23 bits per heavy atom. The SMILES string of the molecule is Cc1ccc(NC(=O)[C@H](C)NC(=O)[C@H](C)NC(=O)CCN2C(=O)C[C@H](S)C2=O)cc1. The fraction of sp³-hybridized carbons (Fsp3) is 0.450. The highest BCUT2D eigenvalue weighted by molar-refractivity contribution is 7.81. The molecule has 1 aliphatic heterocycles. The number of nitrogens with one attached hydrogen (secondary N) is 3. The summed E-state index contributed by atoms with van der Waals surface area (Å²) < 4.78 is 0. The van der Waals surface area contributed by atoms with E-state index < -0.39 is 41.0 Å². The highest BCUT2D eigenvalue weighted by Gasteiger charge is 2.36. The van der Waals surface area contributed by atoms with Gasteiger partial charge in [-0.25, -0.2) is 0 Å². The van der Waals surface area contributed by atoms with Gasteiger partial charge in [0.05, 0.1) is 5.25 Å². The highest BCUT2D eigenvalue weighted by atomic mass is 32.1. The zero-order valence-corrected chi connectivity index (χ0v) is 18.0. The number of likely N-dealkylation sites (tertiary alicyclic amines) is 1. The van der Waals surface area contributed by atoms with Gasteiger partial charge in [-0.1, -0.05) is 17.7 Å². The maximum atomic E-state index is 12.3. The third-order valence-electron chi connectivity index (χ3n) is 4.62. The quantitative estimate of drug-likeness (QED) is 0.348.